The molecule has 3 aromatic rings. The van der Waals surface area contributed by atoms with Crippen molar-refractivity contribution < 1.29 is 4.39 Å². The van der Waals surface area contributed by atoms with E-state index in [1.165, 1.54) is 12.1 Å². The van der Waals surface area contributed by atoms with Crippen molar-refractivity contribution in [3.63, 3.8) is 0 Å². The molecule has 0 aliphatic heterocycles. The van der Waals surface area contributed by atoms with Crippen LogP contribution < -0.4 is 5.32 Å². The fraction of sp³-hybridized carbons (Fsp3) is 0. The van der Waals surface area contributed by atoms with Gasteiger partial charge in [-0.05, 0) is 40.2 Å². The first-order chi connectivity index (χ1) is 10.6. The lowest BCUT2D eigenvalue weighted by Gasteiger charge is -2.13. The second kappa shape index (κ2) is 5.91. The van der Waals surface area contributed by atoms with Gasteiger partial charge in [-0.2, -0.15) is 5.26 Å². The van der Waals surface area contributed by atoms with Gasteiger partial charge in [0.25, 0.3) is 0 Å². The van der Waals surface area contributed by atoms with Gasteiger partial charge in [-0.1, -0.05) is 29.8 Å². The van der Waals surface area contributed by atoms with E-state index in [0.29, 0.717) is 26.4 Å². The van der Waals surface area contributed by atoms with Crippen LogP contribution in [0.3, 0.4) is 0 Å². The third-order valence-electron chi connectivity index (χ3n) is 3.15. The minimum absolute atomic E-state index is 0.240. The molecule has 3 rings (SSSR count). The van der Waals surface area contributed by atoms with Crippen molar-refractivity contribution >= 4 is 49.8 Å². The summed E-state index contributed by atoms with van der Waals surface area (Å²) in [5.41, 5.74) is 1.75. The molecule has 0 spiro atoms. The fourth-order valence-corrected chi connectivity index (χ4v) is 2.78. The first-order valence-corrected chi connectivity index (χ1v) is 7.47. The van der Waals surface area contributed by atoms with Gasteiger partial charge in [-0.3, -0.25) is 0 Å². The van der Waals surface area contributed by atoms with E-state index in [1.54, 1.807) is 6.07 Å². The Kier molecular flexibility index (Phi) is 3.97. The van der Waals surface area contributed by atoms with Gasteiger partial charge in [0.1, 0.15) is 22.1 Å². The van der Waals surface area contributed by atoms with E-state index in [-0.39, 0.29) is 5.69 Å². The Morgan fingerprint density at radius 3 is 2.73 bits per heavy atom. The number of nitrogens with zero attached hydrogens (tertiary/aromatic N) is 2. The molecule has 0 amide bonds. The summed E-state index contributed by atoms with van der Waals surface area (Å²) in [4.78, 5) is 4.32. The Bertz CT molecular complexity index is 921. The van der Waals surface area contributed by atoms with E-state index in [2.05, 4.69) is 32.3 Å². The molecule has 0 unspecified atom stereocenters. The van der Waals surface area contributed by atoms with Crippen LogP contribution in [-0.4, -0.2) is 4.98 Å². The Morgan fingerprint density at radius 1 is 1.23 bits per heavy atom. The van der Waals surface area contributed by atoms with Crippen LogP contribution in [0.4, 0.5) is 15.8 Å². The first kappa shape index (κ1) is 14.8. The predicted octanol–water partition coefficient (Wildman–Crippen LogP) is 5.41. The monoisotopic (exact) mass is 375 g/mol. The number of para-hydroxylation sites is 1. The zero-order valence-electron chi connectivity index (χ0n) is 11.1. The first-order valence-electron chi connectivity index (χ1n) is 6.30. The van der Waals surface area contributed by atoms with Crippen molar-refractivity contribution in [3.8, 4) is 6.07 Å². The lowest BCUT2D eigenvalue weighted by atomic mass is 10.1. The second-order valence-electron chi connectivity index (χ2n) is 4.53. The molecule has 0 bridgehead atoms. The van der Waals surface area contributed by atoms with Crippen LogP contribution >= 0.6 is 27.5 Å². The average molecular weight is 377 g/mol. The number of benzene rings is 2. The van der Waals surface area contributed by atoms with Crippen LogP contribution in [0.1, 0.15) is 5.56 Å². The number of rotatable bonds is 2. The van der Waals surface area contributed by atoms with Gasteiger partial charge in [-0.15, -0.1) is 0 Å². The number of pyridine rings is 1. The summed E-state index contributed by atoms with van der Waals surface area (Å²) < 4.78 is 14.4. The Morgan fingerprint density at radius 2 is 2.00 bits per heavy atom. The number of aromatic nitrogens is 1. The molecule has 22 heavy (non-hydrogen) atoms. The summed E-state index contributed by atoms with van der Waals surface area (Å²) >= 11 is 9.04. The molecule has 3 nitrogen and oxygen atoms in total. The SMILES string of the molecule is N#Cc1c(Br)nc2ccccc2c1Nc1ccc(Cl)cc1F. The van der Waals surface area contributed by atoms with Crippen LogP contribution in [0.2, 0.25) is 5.02 Å². The molecule has 108 valence electrons. The largest absolute Gasteiger partial charge is 0.351 e. The van der Waals surface area contributed by atoms with Gasteiger partial charge in [0.2, 0.25) is 0 Å². The Balaban J connectivity index is 2.23. The average Bonchev–Trinajstić information content (AvgIpc) is 2.50. The van der Waals surface area contributed by atoms with E-state index >= 15 is 0 Å². The molecule has 0 atom stereocenters. The summed E-state index contributed by atoms with van der Waals surface area (Å²) in [5.74, 6) is -0.492. The summed E-state index contributed by atoms with van der Waals surface area (Å²) in [7, 11) is 0. The van der Waals surface area contributed by atoms with Gasteiger partial charge in [0.05, 0.1) is 16.9 Å². The summed E-state index contributed by atoms with van der Waals surface area (Å²) in [6.07, 6.45) is 0. The second-order valence-corrected chi connectivity index (χ2v) is 5.72. The van der Waals surface area contributed by atoms with Crippen molar-refractivity contribution in [2.75, 3.05) is 5.32 Å². The van der Waals surface area contributed by atoms with Crippen molar-refractivity contribution in [3.05, 3.63) is 63.5 Å². The molecule has 1 N–H and O–H groups in total. The van der Waals surface area contributed by atoms with Crippen molar-refractivity contribution in [2.45, 2.75) is 0 Å². The lowest BCUT2D eigenvalue weighted by molar-refractivity contribution is 0.632. The van der Waals surface area contributed by atoms with Crippen LogP contribution in [0.25, 0.3) is 10.9 Å². The Labute approximate surface area is 139 Å². The zero-order chi connectivity index (χ0) is 15.7. The van der Waals surface area contributed by atoms with Gasteiger partial charge in [-0.25, -0.2) is 9.37 Å². The molecular formula is C16H8BrClFN3. The topological polar surface area (TPSA) is 48.7 Å². The molecule has 0 fully saturated rings. The number of hydrogen-bond acceptors (Lipinski definition) is 3. The predicted molar refractivity (Wildman–Crippen MR) is 88.9 cm³/mol. The maximum atomic E-state index is 14.0. The highest BCUT2D eigenvalue weighted by molar-refractivity contribution is 9.10. The van der Waals surface area contributed by atoms with E-state index < -0.39 is 5.82 Å². The molecule has 1 heterocycles. The number of fused-ring (bicyclic) bond motifs is 1. The van der Waals surface area contributed by atoms with Crippen LogP contribution in [0.5, 0.6) is 0 Å². The molecule has 6 heteroatoms. The van der Waals surface area contributed by atoms with Crippen molar-refractivity contribution in [1.29, 1.82) is 5.26 Å². The van der Waals surface area contributed by atoms with Crippen LogP contribution in [-0.2, 0) is 0 Å². The quantitative estimate of drug-likeness (QED) is 0.609. The normalized spacial score (nSPS) is 10.5. The number of halogens is 3. The molecule has 1 aromatic heterocycles. The summed E-state index contributed by atoms with van der Waals surface area (Å²) in [6.45, 7) is 0. The van der Waals surface area contributed by atoms with Gasteiger partial charge >= 0.3 is 0 Å². The van der Waals surface area contributed by atoms with Gasteiger partial charge in [0.15, 0.2) is 0 Å². The molecule has 0 aliphatic carbocycles. The van der Waals surface area contributed by atoms with Gasteiger partial charge < -0.3 is 5.32 Å². The third kappa shape index (κ3) is 2.63. The zero-order valence-corrected chi connectivity index (χ0v) is 13.4. The third-order valence-corrected chi connectivity index (χ3v) is 3.96. The summed E-state index contributed by atoms with van der Waals surface area (Å²) in [5, 5.41) is 13.4. The number of nitrogens with one attached hydrogen (secondary N) is 1. The number of hydrogen-bond donors (Lipinski definition) is 1. The van der Waals surface area contributed by atoms with E-state index in [1.807, 2.05) is 24.3 Å². The van der Waals surface area contributed by atoms with Crippen LogP contribution in [0.15, 0.2) is 47.1 Å². The highest BCUT2D eigenvalue weighted by Crippen LogP contribution is 2.34. The van der Waals surface area contributed by atoms with Crippen molar-refractivity contribution in [2.24, 2.45) is 0 Å². The molecule has 0 saturated carbocycles. The van der Waals surface area contributed by atoms with Crippen LogP contribution in [0, 0.1) is 17.1 Å². The minimum atomic E-state index is -0.492. The van der Waals surface area contributed by atoms with Gasteiger partial charge in [0, 0.05) is 10.4 Å². The van der Waals surface area contributed by atoms with E-state index in [9.17, 15) is 9.65 Å². The highest BCUT2D eigenvalue weighted by Gasteiger charge is 2.15. The standard InChI is InChI=1S/C16H8BrClFN3/c17-16-11(8-20)15(10-3-1-2-4-13(10)22-16)21-14-6-5-9(18)7-12(14)19/h1-7H,(H,21,22). The molecular weight excluding hydrogens is 369 g/mol. The van der Waals surface area contributed by atoms with Crippen molar-refractivity contribution in [1.82, 2.24) is 4.98 Å². The number of nitriles is 1. The molecule has 0 saturated heterocycles. The summed E-state index contributed by atoms with van der Waals surface area (Å²) in [6, 6.07) is 13.7. The smallest absolute Gasteiger partial charge is 0.148 e. The maximum Gasteiger partial charge on any atom is 0.148 e. The number of anilines is 2. The molecule has 2 aromatic carbocycles. The van der Waals surface area contributed by atoms with E-state index in [0.717, 1.165) is 5.39 Å². The van der Waals surface area contributed by atoms with E-state index in [4.69, 9.17) is 11.6 Å². The molecule has 0 radical (unpaired) electrons. The lowest BCUT2D eigenvalue weighted by Crippen LogP contribution is -2.00. The maximum absolute atomic E-state index is 14.0. The minimum Gasteiger partial charge on any atom is -0.351 e. The fourth-order valence-electron chi connectivity index (χ4n) is 2.14. The highest BCUT2D eigenvalue weighted by atomic mass is 79.9. The Hall–Kier alpha value is -2.16. The molecule has 0 aliphatic rings.